The summed E-state index contributed by atoms with van der Waals surface area (Å²) in [5, 5.41) is 3.33. The standard InChI is InChI=1S/C15H19ClF4N2.ClH/c1-10-2-3-11(16)13(14(10)17)12(4-5-15(18,19)20)22-8-6-21-7-9-22;/h2-3,12,21H,4-9H2,1H3;1H/t12-;/m1./s1. The monoisotopic (exact) mass is 374 g/mol. The molecule has 1 N–H and O–H groups in total. The number of piperazine rings is 1. The average molecular weight is 375 g/mol. The highest BCUT2D eigenvalue weighted by molar-refractivity contribution is 6.31. The number of aryl methyl sites for hydroxylation is 1. The van der Waals surface area contributed by atoms with Crippen molar-refractivity contribution in [1.82, 2.24) is 10.2 Å². The molecule has 132 valence electrons. The van der Waals surface area contributed by atoms with Crippen molar-refractivity contribution in [3.05, 3.63) is 34.1 Å². The number of nitrogens with zero attached hydrogens (tertiary/aromatic N) is 1. The molecule has 1 saturated heterocycles. The molecule has 0 aromatic heterocycles. The molecule has 1 aromatic rings. The van der Waals surface area contributed by atoms with Crippen LogP contribution in [0.15, 0.2) is 12.1 Å². The first kappa shape index (κ1) is 20.5. The predicted molar refractivity (Wildman–Crippen MR) is 85.9 cm³/mol. The van der Waals surface area contributed by atoms with Crippen LogP contribution in [0.25, 0.3) is 0 Å². The highest BCUT2D eigenvalue weighted by Crippen LogP contribution is 2.37. The lowest BCUT2D eigenvalue weighted by atomic mass is 9.97. The smallest absolute Gasteiger partial charge is 0.314 e. The van der Waals surface area contributed by atoms with E-state index in [2.05, 4.69) is 5.32 Å². The van der Waals surface area contributed by atoms with Gasteiger partial charge in [0.05, 0.1) is 0 Å². The molecular formula is C15H20Cl2F4N2. The van der Waals surface area contributed by atoms with Gasteiger partial charge in [-0.15, -0.1) is 12.4 Å². The molecule has 2 nitrogen and oxygen atoms in total. The van der Waals surface area contributed by atoms with Gasteiger partial charge in [-0.1, -0.05) is 17.7 Å². The van der Waals surface area contributed by atoms with E-state index < -0.39 is 24.5 Å². The summed E-state index contributed by atoms with van der Waals surface area (Å²) >= 11 is 6.10. The Hall–Kier alpha value is -0.560. The van der Waals surface area contributed by atoms with Crippen LogP contribution in [-0.4, -0.2) is 37.3 Å². The maximum Gasteiger partial charge on any atom is 0.389 e. The van der Waals surface area contributed by atoms with Crippen LogP contribution >= 0.6 is 24.0 Å². The van der Waals surface area contributed by atoms with Crippen molar-refractivity contribution < 1.29 is 17.6 Å². The first-order chi connectivity index (χ1) is 10.3. The fourth-order valence-electron chi connectivity index (χ4n) is 2.79. The Balaban J connectivity index is 0.00000264. The van der Waals surface area contributed by atoms with Gasteiger partial charge in [-0.3, -0.25) is 4.90 Å². The summed E-state index contributed by atoms with van der Waals surface area (Å²) < 4.78 is 52.3. The molecule has 0 saturated carbocycles. The number of alkyl halides is 3. The topological polar surface area (TPSA) is 15.3 Å². The molecule has 1 atom stereocenters. The first-order valence-electron chi connectivity index (χ1n) is 7.25. The fraction of sp³-hybridized carbons (Fsp3) is 0.600. The van der Waals surface area contributed by atoms with Crippen LogP contribution in [0.1, 0.15) is 30.0 Å². The molecule has 0 radical (unpaired) electrons. The lowest BCUT2D eigenvalue weighted by Crippen LogP contribution is -2.45. The van der Waals surface area contributed by atoms with E-state index in [1.165, 1.54) is 0 Å². The Bertz CT molecular complexity index is 517. The van der Waals surface area contributed by atoms with Crippen molar-refractivity contribution in [2.75, 3.05) is 26.2 Å². The average Bonchev–Trinajstić information content (AvgIpc) is 2.46. The molecule has 0 bridgehead atoms. The molecule has 1 aromatic carbocycles. The first-order valence-corrected chi connectivity index (χ1v) is 7.63. The molecule has 1 heterocycles. The molecule has 0 aliphatic carbocycles. The van der Waals surface area contributed by atoms with Gasteiger partial charge >= 0.3 is 6.18 Å². The molecule has 2 rings (SSSR count). The van der Waals surface area contributed by atoms with Gasteiger partial charge in [0.1, 0.15) is 5.82 Å². The van der Waals surface area contributed by atoms with Crippen molar-refractivity contribution in [2.24, 2.45) is 0 Å². The third-order valence-electron chi connectivity index (χ3n) is 3.95. The summed E-state index contributed by atoms with van der Waals surface area (Å²) in [6.45, 7) is 4.09. The number of halogens is 6. The largest absolute Gasteiger partial charge is 0.389 e. The molecule has 0 unspecified atom stereocenters. The molecule has 1 fully saturated rings. The summed E-state index contributed by atoms with van der Waals surface area (Å²) in [4.78, 5) is 1.88. The maximum absolute atomic E-state index is 14.5. The molecule has 0 amide bonds. The molecule has 8 heteroatoms. The molecule has 1 aliphatic heterocycles. The van der Waals surface area contributed by atoms with Crippen LogP contribution < -0.4 is 5.32 Å². The Morgan fingerprint density at radius 1 is 1.26 bits per heavy atom. The second-order valence-corrected chi connectivity index (χ2v) is 5.95. The van der Waals surface area contributed by atoms with E-state index in [9.17, 15) is 17.6 Å². The van der Waals surface area contributed by atoms with Gasteiger partial charge in [-0.25, -0.2) is 4.39 Å². The number of nitrogens with one attached hydrogen (secondary N) is 1. The summed E-state index contributed by atoms with van der Waals surface area (Å²) in [6.07, 6.45) is -5.41. The van der Waals surface area contributed by atoms with Gasteiger partial charge in [0.25, 0.3) is 0 Å². The molecule has 23 heavy (non-hydrogen) atoms. The zero-order valence-electron chi connectivity index (χ0n) is 12.7. The highest BCUT2D eigenvalue weighted by atomic mass is 35.5. The zero-order valence-corrected chi connectivity index (χ0v) is 14.3. The van der Waals surface area contributed by atoms with E-state index in [0.717, 1.165) is 0 Å². The third kappa shape index (κ3) is 5.48. The summed E-state index contributed by atoms with van der Waals surface area (Å²) in [7, 11) is 0. The Labute approximate surface area is 144 Å². The maximum atomic E-state index is 14.5. The lowest BCUT2D eigenvalue weighted by molar-refractivity contribution is -0.138. The fourth-order valence-corrected chi connectivity index (χ4v) is 3.06. The van der Waals surface area contributed by atoms with Gasteiger partial charge < -0.3 is 5.32 Å². The lowest BCUT2D eigenvalue weighted by Gasteiger charge is -2.36. The van der Waals surface area contributed by atoms with Crippen LogP contribution in [0, 0.1) is 12.7 Å². The summed E-state index contributed by atoms with van der Waals surface area (Å²) in [6, 6.07) is 2.44. The van der Waals surface area contributed by atoms with Crippen LogP contribution in [0.5, 0.6) is 0 Å². The van der Waals surface area contributed by atoms with Crippen LogP contribution in [0.2, 0.25) is 5.02 Å². The van der Waals surface area contributed by atoms with Gasteiger partial charge in [0.2, 0.25) is 0 Å². The van der Waals surface area contributed by atoms with Gasteiger partial charge in [0, 0.05) is 49.2 Å². The van der Waals surface area contributed by atoms with Crippen molar-refractivity contribution >= 4 is 24.0 Å². The van der Waals surface area contributed by atoms with Crippen molar-refractivity contribution in [1.29, 1.82) is 0 Å². The van der Waals surface area contributed by atoms with E-state index in [4.69, 9.17) is 11.6 Å². The Morgan fingerprint density at radius 2 is 1.87 bits per heavy atom. The van der Waals surface area contributed by atoms with Crippen molar-refractivity contribution in [3.63, 3.8) is 0 Å². The van der Waals surface area contributed by atoms with E-state index in [0.29, 0.717) is 31.7 Å². The summed E-state index contributed by atoms with van der Waals surface area (Å²) in [5.41, 5.74) is 0.583. The van der Waals surface area contributed by atoms with E-state index in [-0.39, 0.29) is 29.4 Å². The van der Waals surface area contributed by atoms with Crippen LogP contribution in [0.4, 0.5) is 17.6 Å². The second-order valence-electron chi connectivity index (χ2n) is 5.55. The number of hydrogen-bond acceptors (Lipinski definition) is 2. The van der Waals surface area contributed by atoms with Crippen molar-refractivity contribution in [3.8, 4) is 0 Å². The van der Waals surface area contributed by atoms with E-state index >= 15 is 0 Å². The van der Waals surface area contributed by atoms with E-state index in [1.54, 1.807) is 19.1 Å². The Morgan fingerprint density at radius 3 is 2.43 bits per heavy atom. The molecule has 0 spiro atoms. The molecule has 1 aliphatic rings. The predicted octanol–water partition coefficient (Wildman–Crippen LogP) is 4.50. The second kappa shape index (κ2) is 8.51. The summed E-state index contributed by atoms with van der Waals surface area (Å²) in [5.74, 6) is -0.502. The number of rotatable bonds is 4. The zero-order chi connectivity index (χ0) is 16.3. The van der Waals surface area contributed by atoms with Gasteiger partial charge in [-0.05, 0) is 25.0 Å². The van der Waals surface area contributed by atoms with Crippen LogP contribution in [0.3, 0.4) is 0 Å². The number of benzene rings is 1. The quantitative estimate of drug-likeness (QED) is 0.780. The SMILES string of the molecule is Cc1ccc(Cl)c([C@@H](CCC(F)(F)F)N2CCNCC2)c1F.Cl. The van der Waals surface area contributed by atoms with Crippen molar-refractivity contribution in [2.45, 2.75) is 32.0 Å². The Kier molecular flexibility index (Phi) is 7.58. The van der Waals surface area contributed by atoms with Gasteiger partial charge in [0.15, 0.2) is 0 Å². The minimum atomic E-state index is -4.26. The van der Waals surface area contributed by atoms with Gasteiger partial charge in [-0.2, -0.15) is 13.2 Å². The third-order valence-corrected chi connectivity index (χ3v) is 4.28. The minimum absolute atomic E-state index is 0. The normalized spacial score (nSPS) is 17.7. The van der Waals surface area contributed by atoms with E-state index in [1.807, 2.05) is 4.90 Å². The number of hydrogen-bond donors (Lipinski definition) is 1. The molecular weight excluding hydrogens is 355 g/mol. The highest BCUT2D eigenvalue weighted by Gasteiger charge is 2.33. The minimum Gasteiger partial charge on any atom is -0.314 e. The van der Waals surface area contributed by atoms with Crippen LogP contribution in [-0.2, 0) is 0 Å².